The fraction of sp³-hybridized carbons (Fsp3) is 0.667. The van der Waals surface area contributed by atoms with Crippen molar-refractivity contribution < 1.29 is 4.74 Å². The molecule has 0 aliphatic rings. The summed E-state index contributed by atoms with van der Waals surface area (Å²) < 4.78 is 5.03. The van der Waals surface area contributed by atoms with E-state index in [9.17, 15) is 0 Å². The summed E-state index contributed by atoms with van der Waals surface area (Å²) in [6.45, 7) is 3.76. The number of hydrogen-bond donors (Lipinski definition) is 1. The molecule has 0 atom stereocenters. The van der Waals surface area contributed by atoms with Gasteiger partial charge >= 0.3 is 0 Å². The van der Waals surface area contributed by atoms with Crippen LogP contribution in [0.4, 0.5) is 11.6 Å². The first-order valence-electron chi connectivity index (χ1n) is 6.01. The number of nitrogen functional groups attached to an aromatic ring is 1. The molecule has 2 N–H and O–H groups in total. The lowest BCUT2D eigenvalue weighted by atomic mass is 10.3. The summed E-state index contributed by atoms with van der Waals surface area (Å²) in [5.41, 5.74) is 5.78. The lowest BCUT2D eigenvalue weighted by Gasteiger charge is -2.18. The van der Waals surface area contributed by atoms with Gasteiger partial charge in [-0.1, -0.05) is 6.92 Å². The first-order valence-corrected chi connectivity index (χ1v) is 6.01. The Hall–Kier alpha value is -1.36. The van der Waals surface area contributed by atoms with Gasteiger partial charge in [-0.05, 0) is 12.8 Å². The van der Waals surface area contributed by atoms with E-state index in [1.54, 1.807) is 7.11 Å². The summed E-state index contributed by atoms with van der Waals surface area (Å²) in [6.07, 6.45) is 2.86. The van der Waals surface area contributed by atoms with Crippen molar-refractivity contribution in [1.82, 2.24) is 9.97 Å². The normalized spacial score (nSPS) is 10.5. The smallest absolute Gasteiger partial charge is 0.134 e. The standard InChI is InChI=1S/C12H22N4O/c1-4-6-11-14-10(13)9-12(15-11)16(2)7-5-8-17-3/h9H,4-8H2,1-3H3,(H2,13,14,15). The molecule has 0 aromatic carbocycles. The molecule has 0 spiro atoms. The molecule has 1 heterocycles. The molecule has 17 heavy (non-hydrogen) atoms. The van der Waals surface area contributed by atoms with E-state index < -0.39 is 0 Å². The molecule has 1 rings (SSSR count). The van der Waals surface area contributed by atoms with Crippen molar-refractivity contribution >= 4 is 11.6 Å². The van der Waals surface area contributed by atoms with Gasteiger partial charge in [-0.3, -0.25) is 0 Å². The van der Waals surface area contributed by atoms with E-state index >= 15 is 0 Å². The molecule has 0 aliphatic carbocycles. The highest BCUT2D eigenvalue weighted by Crippen LogP contribution is 2.13. The Morgan fingerprint density at radius 3 is 2.82 bits per heavy atom. The molecule has 0 amide bonds. The van der Waals surface area contributed by atoms with Gasteiger partial charge in [0, 0.05) is 39.8 Å². The molecule has 0 saturated carbocycles. The molecule has 5 nitrogen and oxygen atoms in total. The Bertz CT molecular complexity index is 343. The predicted octanol–water partition coefficient (Wildman–Crippen LogP) is 1.48. The highest BCUT2D eigenvalue weighted by Gasteiger charge is 2.06. The monoisotopic (exact) mass is 238 g/mol. The van der Waals surface area contributed by atoms with E-state index in [0.717, 1.165) is 44.1 Å². The number of rotatable bonds is 7. The van der Waals surface area contributed by atoms with Crippen LogP contribution in [0.5, 0.6) is 0 Å². The molecule has 0 radical (unpaired) electrons. The number of aryl methyl sites for hydroxylation is 1. The van der Waals surface area contributed by atoms with Crippen LogP contribution in [0, 0.1) is 0 Å². The van der Waals surface area contributed by atoms with E-state index in [-0.39, 0.29) is 0 Å². The number of aromatic nitrogens is 2. The summed E-state index contributed by atoms with van der Waals surface area (Å²) in [5.74, 6) is 2.25. The van der Waals surface area contributed by atoms with Crippen molar-refractivity contribution in [3.63, 3.8) is 0 Å². The second kappa shape index (κ2) is 7.06. The Morgan fingerprint density at radius 2 is 2.18 bits per heavy atom. The van der Waals surface area contributed by atoms with Crippen LogP contribution in [0.2, 0.25) is 0 Å². The van der Waals surface area contributed by atoms with E-state index in [4.69, 9.17) is 10.5 Å². The van der Waals surface area contributed by atoms with Crippen LogP contribution in [0.3, 0.4) is 0 Å². The maximum atomic E-state index is 5.78. The molecule has 1 aromatic heterocycles. The SMILES string of the molecule is CCCc1nc(N)cc(N(C)CCCOC)n1. The minimum Gasteiger partial charge on any atom is -0.385 e. The number of nitrogens with zero attached hydrogens (tertiary/aromatic N) is 3. The number of methoxy groups -OCH3 is 1. The topological polar surface area (TPSA) is 64.3 Å². The van der Waals surface area contributed by atoms with Crippen LogP contribution < -0.4 is 10.6 Å². The van der Waals surface area contributed by atoms with Gasteiger partial charge in [-0.25, -0.2) is 9.97 Å². The minimum atomic E-state index is 0.539. The lowest BCUT2D eigenvalue weighted by Crippen LogP contribution is -2.22. The molecular weight excluding hydrogens is 216 g/mol. The van der Waals surface area contributed by atoms with Crippen LogP contribution >= 0.6 is 0 Å². The summed E-state index contributed by atoms with van der Waals surface area (Å²) in [4.78, 5) is 10.8. The molecule has 0 unspecified atom stereocenters. The first-order chi connectivity index (χ1) is 8.17. The third kappa shape index (κ3) is 4.56. The average molecular weight is 238 g/mol. The second-order valence-electron chi connectivity index (χ2n) is 4.09. The van der Waals surface area contributed by atoms with Crippen molar-refractivity contribution in [2.24, 2.45) is 0 Å². The maximum Gasteiger partial charge on any atom is 0.134 e. The van der Waals surface area contributed by atoms with Crippen LogP contribution in [0.25, 0.3) is 0 Å². The van der Waals surface area contributed by atoms with E-state index in [0.29, 0.717) is 5.82 Å². The van der Waals surface area contributed by atoms with Gasteiger partial charge in [-0.15, -0.1) is 0 Å². The first kappa shape index (κ1) is 13.7. The van der Waals surface area contributed by atoms with Crippen molar-refractivity contribution in [2.75, 3.05) is 37.9 Å². The predicted molar refractivity (Wildman–Crippen MR) is 70.2 cm³/mol. The fourth-order valence-electron chi connectivity index (χ4n) is 1.59. The number of ether oxygens (including phenoxy) is 1. The highest BCUT2D eigenvalue weighted by molar-refractivity contribution is 5.46. The Morgan fingerprint density at radius 1 is 1.41 bits per heavy atom. The summed E-state index contributed by atoms with van der Waals surface area (Å²) >= 11 is 0. The third-order valence-corrected chi connectivity index (χ3v) is 2.49. The molecule has 1 aromatic rings. The zero-order valence-corrected chi connectivity index (χ0v) is 10.9. The van der Waals surface area contributed by atoms with Crippen molar-refractivity contribution in [3.05, 3.63) is 11.9 Å². The van der Waals surface area contributed by atoms with E-state index in [1.807, 2.05) is 13.1 Å². The van der Waals surface area contributed by atoms with Crippen LogP contribution in [0.15, 0.2) is 6.07 Å². The molecular formula is C12H22N4O. The van der Waals surface area contributed by atoms with Gasteiger partial charge in [0.05, 0.1) is 0 Å². The van der Waals surface area contributed by atoms with Crippen LogP contribution in [-0.2, 0) is 11.2 Å². The Kier molecular flexibility index (Phi) is 5.69. The summed E-state index contributed by atoms with van der Waals surface area (Å²) in [7, 11) is 3.72. The fourth-order valence-corrected chi connectivity index (χ4v) is 1.59. The zero-order chi connectivity index (χ0) is 12.7. The van der Waals surface area contributed by atoms with Crippen LogP contribution in [-0.4, -0.2) is 37.3 Å². The maximum absolute atomic E-state index is 5.78. The molecule has 5 heteroatoms. The molecule has 0 aliphatic heterocycles. The van der Waals surface area contributed by atoms with Gasteiger partial charge in [0.15, 0.2) is 0 Å². The zero-order valence-electron chi connectivity index (χ0n) is 10.9. The Balaban J connectivity index is 2.67. The van der Waals surface area contributed by atoms with Crippen LogP contribution in [0.1, 0.15) is 25.6 Å². The molecule has 0 bridgehead atoms. The summed E-state index contributed by atoms with van der Waals surface area (Å²) in [5, 5.41) is 0. The van der Waals surface area contributed by atoms with Crippen molar-refractivity contribution in [3.8, 4) is 0 Å². The number of anilines is 2. The van der Waals surface area contributed by atoms with E-state index in [1.165, 1.54) is 0 Å². The van der Waals surface area contributed by atoms with Gasteiger partial charge in [0.2, 0.25) is 0 Å². The quantitative estimate of drug-likeness (QED) is 0.729. The van der Waals surface area contributed by atoms with Gasteiger partial charge < -0.3 is 15.4 Å². The average Bonchev–Trinajstić information content (AvgIpc) is 2.29. The third-order valence-electron chi connectivity index (χ3n) is 2.49. The number of nitrogens with two attached hydrogens (primary N) is 1. The highest BCUT2D eigenvalue weighted by atomic mass is 16.5. The summed E-state index contributed by atoms with van der Waals surface area (Å²) in [6, 6.07) is 1.81. The minimum absolute atomic E-state index is 0.539. The molecule has 0 saturated heterocycles. The molecule has 96 valence electrons. The van der Waals surface area contributed by atoms with E-state index in [2.05, 4.69) is 21.8 Å². The van der Waals surface area contributed by atoms with Gasteiger partial charge in [0.25, 0.3) is 0 Å². The second-order valence-corrected chi connectivity index (χ2v) is 4.09. The number of hydrogen-bond acceptors (Lipinski definition) is 5. The Labute approximate surface area is 103 Å². The molecule has 0 fully saturated rings. The largest absolute Gasteiger partial charge is 0.385 e. The lowest BCUT2D eigenvalue weighted by molar-refractivity contribution is 0.196. The van der Waals surface area contributed by atoms with Crippen molar-refractivity contribution in [1.29, 1.82) is 0 Å². The van der Waals surface area contributed by atoms with Gasteiger partial charge in [-0.2, -0.15) is 0 Å². The van der Waals surface area contributed by atoms with Gasteiger partial charge in [0.1, 0.15) is 17.5 Å². The van der Waals surface area contributed by atoms with Crippen molar-refractivity contribution in [2.45, 2.75) is 26.2 Å².